The Bertz CT molecular complexity index is 1040. The third-order valence-electron chi connectivity index (χ3n) is 7.70. The smallest absolute Gasteiger partial charge is 0.349 e. The Labute approximate surface area is 212 Å². The first kappa shape index (κ1) is 27.4. The number of hydrogen-bond acceptors (Lipinski definition) is 3. The van der Waals surface area contributed by atoms with Gasteiger partial charge in [-0.15, -0.1) is 0 Å². The summed E-state index contributed by atoms with van der Waals surface area (Å²) in [6, 6.07) is 9.96. The Morgan fingerprint density at radius 1 is 0.946 bits per heavy atom. The van der Waals surface area contributed by atoms with E-state index in [0.29, 0.717) is 31.0 Å². The Morgan fingerprint density at radius 2 is 1.49 bits per heavy atom. The van der Waals surface area contributed by atoms with E-state index in [1.54, 1.807) is 0 Å². The highest BCUT2D eigenvalue weighted by atomic mass is 19.4. The van der Waals surface area contributed by atoms with Crippen LogP contribution in [-0.2, 0) is 22.6 Å². The van der Waals surface area contributed by atoms with Gasteiger partial charge in [-0.2, -0.15) is 26.3 Å². The molecule has 1 atom stereocenters. The van der Waals surface area contributed by atoms with Crippen molar-refractivity contribution >= 4 is 5.91 Å². The zero-order valence-electron chi connectivity index (χ0n) is 20.6. The summed E-state index contributed by atoms with van der Waals surface area (Å²) >= 11 is 0. The highest BCUT2D eigenvalue weighted by Gasteiger charge is 2.45. The van der Waals surface area contributed by atoms with Crippen LogP contribution in [0.5, 0.6) is 0 Å². The number of nitrogens with one attached hydrogen (secondary N) is 2. The van der Waals surface area contributed by atoms with Crippen LogP contribution in [0.4, 0.5) is 26.3 Å². The van der Waals surface area contributed by atoms with Crippen molar-refractivity contribution in [1.29, 1.82) is 0 Å². The van der Waals surface area contributed by atoms with E-state index in [0.717, 1.165) is 44.6 Å². The molecule has 37 heavy (non-hydrogen) atoms. The molecule has 1 aliphatic heterocycles. The molecule has 4 nitrogen and oxygen atoms in total. The van der Waals surface area contributed by atoms with Crippen molar-refractivity contribution in [3.05, 3.63) is 70.8 Å². The number of nitrogens with zero attached hydrogens (tertiary/aromatic N) is 1. The molecule has 0 aromatic heterocycles. The molecule has 0 bridgehead atoms. The number of hydrogen-bond donors (Lipinski definition) is 2. The SMILES string of the molecule is C[C@@H](NC(=O)C1(c2ccccc2)CCC(N2CCNCC2)CC1)c1cc(C(F)(F)F)cc(C(F)(F)F)c1. The number of amides is 1. The first-order valence-corrected chi connectivity index (χ1v) is 12.5. The molecular formula is C27H31F6N3O. The average Bonchev–Trinajstić information content (AvgIpc) is 2.88. The van der Waals surface area contributed by atoms with Gasteiger partial charge in [0, 0.05) is 32.2 Å². The molecule has 10 heteroatoms. The second-order valence-corrected chi connectivity index (χ2v) is 10.00. The largest absolute Gasteiger partial charge is 0.416 e. The molecule has 2 aliphatic rings. The fraction of sp³-hybridized carbons (Fsp3) is 0.519. The summed E-state index contributed by atoms with van der Waals surface area (Å²) in [5.74, 6) is -0.379. The van der Waals surface area contributed by atoms with Crippen LogP contribution < -0.4 is 10.6 Å². The molecule has 1 aliphatic carbocycles. The van der Waals surface area contributed by atoms with Crippen LogP contribution in [0.25, 0.3) is 0 Å². The third-order valence-corrected chi connectivity index (χ3v) is 7.70. The maximum absolute atomic E-state index is 13.8. The first-order chi connectivity index (χ1) is 17.4. The first-order valence-electron chi connectivity index (χ1n) is 12.5. The number of piperazine rings is 1. The normalized spacial score (nSPS) is 24.5. The van der Waals surface area contributed by atoms with Gasteiger partial charge in [0.2, 0.25) is 5.91 Å². The summed E-state index contributed by atoms with van der Waals surface area (Å²) < 4.78 is 80.2. The van der Waals surface area contributed by atoms with Gasteiger partial charge in [0.25, 0.3) is 0 Å². The van der Waals surface area contributed by atoms with Crippen molar-refractivity contribution in [2.45, 2.75) is 62.5 Å². The maximum atomic E-state index is 13.8. The minimum atomic E-state index is -4.95. The zero-order valence-corrected chi connectivity index (χ0v) is 20.6. The fourth-order valence-electron chi connectivity index (χ4n) is 5.56. The molecule has 1 saturated heterocycles. The van der Waals surface area contributed by atoms with Crippen LogP contribution in [0.2, 0.25) is 0 Å². The van der Waals surface area contributed by atoms with E-state index < -0.39 is 34.9 Å². The molecule has 0 unspecified atom stereocenters. The summed E-state index contributed by atoms with van der Waals surface area (Å²) in [5, 5.41) is 6.09. The van der Waals surface area contributed by atoms with Crippen LogP contribution in [0.3, 0.4) is 0 Å². The van der Waals surface area contributed by atoms with Crippen molar-refractivity contribution in [3.8, 4) is 0 Å². The van der Waals surface area contributed by atoms with Gasteiger partial charge in [-0.3, -0.25) is 9.69 Å². The Balaban J connectivity index is 1.59. The topological polar surface area (TPSA) is 44.4 Å². The van der Waals surface area contributed by atoms with E-state index in [4.69, 9.17) is 0 Å². The number of carbonyl (C=O) groups excluding carboxylic acids is 1. The van der Waals surface area contributed by atoms with Crippen LogP contribution in [0.15, 0.2) is 48.5 Å². The van der Waals surface area contributed by atoms with Crippen LogP contribution in [0.1, 0.15) is 60.9 Å². The molecule has 2 aromatic carbocycles. The van der Waals surface area contributed by atoms with Crippen molar-refractivity contribution in [3.63, 3.8) is 0 Å². The lowest BCUT2D eigenvalue weighted by atomic mass is 9.67. The fourth-order valence-corrected chi connectivity index (χ4v) is 5.56. The highest BCUT2D eigenvalue weighted by Crippen LogP contribution is 2.42. The van der Waals surface area contributed by atoms with E-state index >= 15 is 0 Å². The second-order valence-electron chi connectivity index (χ2n) is 10.00. The van der Waals surface area contributed by atoms with Gasteiger partial charge in [-0.05, 0) is 61.9 Å². The van der Waals surface area contributed by atoms with Crippen molar-refractivity contribution in [2.75, 3.05) is 26.2 Å². The quantitative estimate of drug-likeness (QED) is 0.492. The predicted molar refractivity (Wildman–Crippen MR) is 128 cm³/mol. The molecule has 1 heterocycles. The summed E-state index contributed by atoms with van der Waals surface area (Å²) in [6.07, 6.45) is -7.27. The van der Waals surface area contributed by atoms with Crippen molar-refractivity contribution in [2.24, 2.45) is 0 Å². The number of alkyl halides is 6. The maximum Gasteiger partial charge on any atom is 0.416 e. The lowest BCUT2D eigenvalue weighted by molar-refractivity contribution is -0.143. The van der Waals surface area contributed by atoms with E-state index in [-0.39, 0.29) is 17.5 Å². The molecule has 2 aromatic rings. The molecule has 0 spiro atoms. The lowest BCUT2D eigenvalue weighted by Crippen LogP contribution is -2.53. The van der Waals surface area contributed by atoms with E-state index in [1.165, 1.54) is 6.92 Å². The van der Waals surface area contributed by atoms with Crippen molar-refractivity contribution in [1.82, 2.24) is 15.5 Å². The Morgan fingerprint density at radius 3 is 2.00 bits per heavy atom. The molecule has 1 saturated carbocycles. The van der Waals surface area contributed by atoms with Gasteiger partial charge < -0.3 is 10.6 Å². The van der Waals surface area contributed by atoms with Gasteiger partial charge in [0.1, 0.15) is 0 Å². The number of carbonyl (C=O) groups is 1. The molecule has 1 amide bonds. The standard InChI is InChI=1S/C27H31F6N3O/c1-18(19-15-21(26(28,29)30)17-22(16-19)27(31,32)33)35-24(37)25(20-5-3-2-4-6-20)9-7-23(8-10-25)36-13-11-34-12-14-36/h2-6,15-18,23,34H,7-14H2,1H3,(H,35,37)/t18-,23?,25?/m1/s1. The Kier molecular flexibility index (Phi) is 7.90. The van der Waals surface area contributed by atoms with E-state index in [1.807, 2.05) is 30.3 Å². The molecule has 2 N–H and O–H groups in total. The molecular weight excluding hydrogens is 496 g/mol. The molecule has 0 radical (unpaired) electrons. The van der Waals surface area contributed by atoms with Gasteiger partial charge in [0.15, 0.2) is 0 Å². The number of benzene rings is 2. The average molecular weight is 528 g/mol. The van der Waals surface area contributed by atoms with Crippen LogP contribution in [0, 0.1) is 0 Å². The van der Waals surface area contributed by atoms with Crippen LogP contribution >= 0.6 is 0 Å². The van der Waals surface area contributed by atoms with E-state index in [2.05, 4.69) is 15.5 Å². The predicted octanol–water partition coefficient (Wildman–Crippen LogP) is 5.69. The summed E-state index contributed by atoms with van der Waals surface area (Å²) in [6.45, 7) is 5.11. The van der Waals surface area contributed by atoms with Gasteiger partial charge in [-0.25, -0.2) is 0 Å². The minimum absolute atomic E-state index is 0.0981. The third kappa shape index (κ3) is 6.12. The minimum Gasteiger partial charge on any atom is -0.349 e. The summed E-state index contributed by atoms with van der Waals surface area (Å²) in [5.41, 5.74) is -3.14. The molecule has 202 valence electrons. The molecule has 4 rings (SSSR count). The Hall–Kier alpha value is -2.59. The number of halogens is 6. The molecule has 2 fully saturated rings. The lowest BCUT2D eigenvalue weighted by Gasteiger charge is -2.44. The summed E-state index contributed by atoms with van der Waals surface area (Å²) in [7, 11) is 0. The van der Waals surface area contributed by atoms with Gasteiger partial charge >= 0.3 is 12.4 Å². The van der Waals surface area contributed by atoms with Crippen LogP contribution in [-0.4, -0.2) is 43.0 Å². The van der Waals surface area contributed by atoms with Crippen molar-refractivity contribution < 1.29 is 31.1 Å². The monoisotopic (exact) mass is 527 g/mol. The second kappa shape index (κ2) is 10.6. The highest BCUT2D eigenvalue weighted by molar-refractivity contribution is 5.88. The zero-order chi connectivity index (χ0) is 26.8. The van der Waals surface area contributed by atoms with Gasteiger partial charge in [-0.1, -0.05) is 30.3 Å². The van der Waals surface area contributed by atoms with Gasteiger partial charge in [0.05, 0.1) is 22.6 Å². The van der Waals surface area contributed by atoms with E-state index in [9.17, 15) is 31.1 Å². The number of rotatable bonds is 5. The summed E-state index contributed by atoms with van der Waals surface area (Å²) in [4.78, 5) is 16.2.